The first-order chi connectivity index (χ1) is 5.01. The van der Waals surface area contributed by atoms with Gasteiger partial charge in [0.05, 0.1) is 0 Å². The number of carboxylic acids is 1. The second-order valence-electron chi connectivity index (χ2n) is 2.46. The fourth-order valence-electron chi connectivity index (χ4n) is 1.01. The number of nitrogens with two attached hydrogens (primary N) is 1. The monoisotopic (exact) mass is 195 g/mol. The number of aliphatic carboxylic acids is 1. The summed E-state index contributed by atoms with van der Waals surface area (Å²) in [4.78, 5) is 21.4. The maximum Gasteiger partial charge on any atom is 0.319 e. The molecule has 3 N–H and O–H groups in total. The summed E-state index contributed by atoms with van der Waals surface area (Å²) >= 11 is 0. The molecule has 72 valence electrons. The van der Waals surface area contributed by atoms with E-state index < -0.39 is 17.3 Å². The van der Waals surface area contributed by atoms with Crippen molar-refractivity contribution in [2.45, 2.75) is 26.7 Å². The highest BCUT2D eigenvalue weighted by Gasteiger charge is 2.40. The van der Waals surface area contributed by atoms with E-state index in [2.05, 4.69) is 0 Å². The van der Waals surface area contributed by atoms with E-state index in [1.807, 2.05) is 0 Å². The normalized spacial score (nSPS) is 10.2. The number of primary amides is 1. The van der Waals surface area contributed by atoms with Crippen LogP contribution in [-0.2, 0) is 9.59 Å². The molecule has 0 atom stereocenters. The molecule has 0 saturated heterocycles. The Balaban J connectivity index is 0. The molecule has 5 heteroatoms. The van der Waals surface area contributed by atoms with Gasteiger partial charge in [0.25, 0.3) is 0 Å². The Bertz CT molecular complexity index is 161. The number of hydrogen-bond acceptors (Lipinski definition) is 2. The lowest BCUT2D eigenvalue weighted by molar-refractivity contribution is -0.155. The largest absolute Gasteiger partial charge is 0.480 e. The predicted octanol–water partition coefficient (Wildman–Crippen LogP) is 0.784. The fraction of sp³-hybridized carbons (Fsp3) is 0.714. The Morgan fingerprint density at radius 1 is 1.33 bits per heavy atom. The van der Waals surface area contributed by atoms with Gasteiger partial charge in [-0.1, -0.05) is 13.8 Å². The highest BCUT2D eigenvalue weighted by molar-refractivity contribution is 6.00. The Morgan fingerprint density at radius 2 is 1.67 bits per heavy atom. The smallest absolute Gasteiger partial charge is 0.319 e. The average Bonchev–Trinajstić information content (AvgIpc) is 1.90. The van der Waals surface area contributed by atoms with Crippen LogP contribution in [0, 0.1) is 5.41 Å². The van der Waals surface area contributed by atoms with Crippen LogP contribution in [0.5, 0.6) is 0 Å². The number of hydrogen-bond donors (Lipinski definition) is 2. The van der Waals surface area contributed by atoms with Crippen LogP contribution in [0.2, 0.25) is 0 Å². The summed E-state index contributed by atoms with van der Waals surface area (Å²) in [5, 5.41) is 8.69. The van der Waals surface area contributed by atoms with Crippen LogP contribution < -0.4 is 5.73 Å². The van der Waals surface area contributed by atoms with Crippen molar-refractivity contribution >= 4 is 24.3 Å². The van der Waals surface area contributed by atoms with Crippen LogP contribution >= 0.6 is 12.4 Å². The summed E-state index contributed by atoms with van der Waals surface area (Å²) in [6.45, 7) is 3.28. The molecule has 0 aromatic rings. The first-order valence-corrected chi connectivity index (χ1v) is 3.54. The van der Waals surface area contributed by atoms with Crippen molar-refractivity contribution in [1.82, 2.24) is 0 Å². The third-order valence-electron chi connectivity index (χ3n) is 2.09. The molecule has 0 aromatic carbocycles. The van der Waals surface area contributed by atoms with Gasteiger partial charge in [-0.3, -0.25) is 9.59 Å². The first-order valence-electron chi connectivity index (χ1n) is 3.54. The Morgan fingerprint density at radius 3 is 1.67 bits per heavy atom. The Kier molecular flexibility index (Phi) is 5.72. The van der Waals surface area contributed by atoms with Gasteiger partial charge in [0.2, 0.25) is 5.91 Å². The lowest BCUT2D eigenvalue weighted by atomic mass is 9.82. The Hall–Kier alpha value is -0.770. The second kappa shape index (κ2) is 4.98. The molecule has 0 unspecified atom stereocenters. The fourth-order valence-corrected chi connectivity index (χ4v) is 1.01. The molecule has 0 fully saturated rings. The topological polar surface area (TPSA) is 80.4 Å². The number of amides is 1. The van der Waals surface area contributed by atoms with Gasteiger partial charge in [0.1, 0.15) is 5.41 Å². The summed E-state index contributed by atoms with van der Waals surface area (Å²) in [6.07, 6.45) is 0.488. The number of carbonyl (C=O) groups is 2. The van der Waals surface area contributed by atoms with Gasteiger partial charge in [-0.05, 0) is 12.8 Å². The van der Waals surface area contributed by atoms with E-state index in [1.165, 1.54) is 0 Å². The lowest BCUT2D eigenvalue weighted by Crippen LogP contribution is -2.42. The van der Waals surface area contributed by atoms with Crippen molar-refractivity contribution in [1.29, 1.82) is 0 Å². The SMILES string of the molecule is CCC(CC)(C(N)=O)C(=O)O.Cl. The molecule has 1 amide bonds. The number of halogens is 1. The van der Waals surface area contributed by atoms with E-state index in [9.17, 15) is 9.59 Å². The van der Waals surface area contributed by atoms with Crippen molar-refractivity contribution < 1.29 is 14.7 Å². The van der Waals surface area contributed by atoms with E-state index in [0.717, 1.165) is 0 Å². The van der Waals surface area contributed by atoms with Gasteiger partial charge in [0, 0.05) is 0 Å². The average molecular weight is 196 g/mol. The molecular formula is C7H14ClNO3. The molecule has 0 spiro atoms. The van der Waals surface area contributed by atoms with E-state index in [4.69, 9.17) is 10.8 Å². The van der Waals surface area contributed by atoms with Crippen molar-refractivity contribution in [3.63, 3.8) is 0 Å². The molecular weight excluding hydrogens is 182 g/mol. The molecule has 0 aliphatic rings. The van der Waals surface area contributed by atoms with E-state index in [1.54, 1.807) is 13.8 Å². The van der Waals surface area contributed by atoms with Crippen LogP contribution in [0.15, 0.2) is 0 Å². The van der Waals surface area contributed by atoms with Crippen molar-refractivity contribution in [3.05, 3.63) is 0 Å². The van der Waals surface area contributed by atoms with E-state index in [0.29, 0.717) is 0 Å². The van der Waals surface area contributed by atoms with Gasteiger partial charge in [-0.25, -0.2) is 0 Å². The minimum atomic E-state index is -1.36. The minimum Gasteiger partial charge on any atom is -0.480 e. The van der Waals surface area contributed by atoms with Crippen LogP contribution in [0.4, 0.5) is 0 Å². The number of carbonyl (C=O) groups excluding carboxylic acids is 1. The van der Waals surface area contributed by atoms with Crippen LogP contribution in [-0.4, -0.2) is 17.0 Å². The second-order valence-corrected chi connectivity index (χ2v) is 2.46. The summed E-state index contributed by atoms with van der Waals surface area (Å²) in [7, 11) is 0. The van der Waals surface area contributed by atoms with Gasteiger partial charge in [-0.2, -0.15) is 0 Å². The van der Waals surface area contributed by atoms with Crippen molar-refractivity contribution in [3.8, 4) is 0 Å². The molecule has 0 saturated carbocycles. The molecule has 4 nitrogen and oxygen atoms in total. The summed E-state index contributed by atoms with van der Waals surface area (Å²) in [6, 6.07) is 0. The standard InChI is InChI=1S/C7H13NO3.ClH/c1-3-7(4-2,5(8)9)6(10)11;/h3-4H2,1-2H3,(H2,8,9)(H,10,11);1H. The predicted molar refractivity (Wildman–Crippen MR) is 47.1 cm³/mol. The molecule has 12 heavy (non-hydrogen) atoms. The molecule has 0 aliphatic heterocycles. The zero-order chi connectivity index (χ0) is 9.07. The number of carboxylic acid groups (broad SMARTS) is 1. The van der Waals surface area contributed by atoms with Crippen LogP contribution in [0.3, 0.4) is 0 Å². The van der Waals surface area contributed by atoms with Gasteiger partial charge in [0.15, 0.2) is 0 Å². The van der Waals surface area contributed by atoms with Crippen molar-refractivity contribution in [2.75, 3.05) is 0 Å². The summed E-state index contributed by atoms with van der Waals surface area (Å²) in [5.41, 5.74) is 3.61. The first kappa shape index (κ1) is 13.8. The highest BCUT2D eigenvalue weighted by atomic mass is 35.5. The number of rotatable bonds is 4. The zero-order valence-electron chi connectivity index (χ0n) is 7.16. The Labute approximate surface area is 77.5 Å². The molecule has 0 radical (unpaired) electrons. The molecule has 0 heterocycles. The summed E-state index contributed by atoms with van der Waals surface area (Å²) in [5.74, 6) is -1.88. The van der Waals surface area contributed by atoms with Crippen LogP contribution in [0.1, 0.15) is 26.7 Å². The maximum atomic E-state index is 10.8. The van der Waals surface area contributed by atoms with Crippen molar-refractivity contribution in [2.24, 2.45) is 11.1 Å². The zero-order valence-corrected chi connectivity index (χ0v) is 7.98. The van der Waals surface area contributed by atoms with Gasteiger partial charge in [-0.15, -0.1) is 12.4 Å². The molecule has 0 aromatic heterocycles. The summed E-state index contributed by atoms with van der Waals surface area (Å²) < 4.78 is 0. The lowest BCUT2D eigenvalue weighted by Gasteiger charge is -2.21. The maximum absolute atomic E-state index is 10.8. The highest BCUT2D eigenvalue weighted by Crippen LogP contribution is 2.25. The third kappa shape index (κ3) is 2.11. The van der Waals surface area contributed by atoms with E-state index in [-0.39, 0.29) is 25.2 Å². The van der Waals surface area contributed by atoms with Gasteiger partial charge < -0.3 is 10.8 Å². The molecule has 0 bridgehead atoms. The van der Waals surface area contributed by atoms with Crippen LogP contribution in [0.25, 0.3) is 0 Å². The molecule has 0 aliphatic carbocycles. The minimum absolute atomic E-state index is 0. The quantitative estimate of drug-likeness (QED) is 0.651. The molecule has 0 rings (SSSR count). The van der Waals surface area contributed by atoms with E-state index >= 15 is 0 Å². The van der Waals surface area contributed by atoms with Gasteiger partial charge >= 0.3 is 5.97 Å². The third-order valence-corrected chi connectivity index (χ3v) is 2.09.